The van der Waals surface area contributed by atoms with Gasteiger partial charge >= 0.3 is 0 Å². The summed E-state index contributed by atoms with van der Waals surface area (Å²) in [7, 11) is 0. The number of aryl methyl sites for hydroxylation is 1. The van der Waals surface area contributed by atoms with Crippen LogP contribution in [0.4, 0.5) is 0 Å². The fourth-order valence-electron chi connectivity index (χ4n) is 1.31. The van der Waals surface area contributed by atoms with E-state index in [0.717, 1.165) is 17.7 Å². The highest BCUT2D eigenvalue weighted by atomic mass is 32.1. The summed E-state index contributed by atoms with van der Waals surface area (Å²) in [6.07, 6.45) is 2.41. The van der Waals surface area contributed by atoms with Gasteiger partial charge in [0.25, 0.3) is 0 Å². The molecule has 0 amide bonds. The van der Waals surface area contributed by atoms with Crippen LogP contribution in [-0.2, 0) is 6.42 Å². The highest BCUT2D eigenvalue weighted by Crippen LogP contribution is 2.22. The number of hydrogen-bond donors (Lipinski definition) is 2. The normalized spacial score (nSPS) is 10.6. The summed E-state index contributed by atoms with van der Waals surface area (Å²) in [6, 6.07) is 1.83. The zero-order valence-electron chi connectivity index (χ0n) is 7.65. The molecule has 14 heavy (non-hydrogen) atoms. The van der Waals surface area contributed by atoms with Crippen molar-refractivity contribution in [1.29, 1.82) is 0 Å². The zero-order chi connectivity index (χ0) is 10.1. The van der Waals surface area contributed by atoms with Gasteiger partial charge in [0.2, 0.25) is 4.77 Å². The molecular formula is C8H10N4OS. The molecule has 0 fully saturated rings. The van der Waals surface area contributed by atoms with Gasteiger partial charge in [-0.3, -0.25) is 0 Å². The fourth-order valence-corrected chi connectivity index (χ4v) is 1.44. The van der Waals surface area contributed by atoms with Crippen molar-refractivity contribution in [2.24, 2.45) is 0 Å². The van der Waals surface area contributed by atoms with E-state index in [-0.39, 0.29) is 0 Å². The van der Waals surface area contributed by atoms with E-state index in [0.29, 0.717) is 10.6 Å². The van der Waals surface area contributed by atoms with Crippen LogP contribution in [0.3, 0.4) is 0 Å². The lowest BCUT2D eigenvalue weighted by Gasteiger charge is -1.98. The van der Waals surface area contributed by atoms with E-state index in [1.165, 1.54) is 4.68 Å². The predicted octanol–water partition coefficient (Wildman–Crippen LogP) is 1.48. The number of aromatic nitrogens is 3. The molecule has 2 aromatic rings. The Kier molecular flexibility index (Phi) is 2.12. The SMILES string of the molecule is CCc1occc1-c1n[nH]c(=S)n1N. The lowest BCUT2D eigenvalue weighted by atomic mass is 10.2. The third-order valence-electron chi connectivity index (χ3n) is 2.01. The minimum atomic E-state index is 0.392. The summed E-state index contributed by atoms with van der Waals surface area (Å²) in [4.78, 5) is 0. The van der Waals surface area contributed by atoms with Gasteiger partial charge in [-0.25, -0.2) is 9.77 Å². The molecule has 0 unspecified atom stereocenters. The van der Waals surface area contributed by atoms with Gasteiger partial charge in [0.15, 0.2) is 5.82 Å². The molecule has 0 bridgehead atoms. The van der Waals surface area contributed by atoms with Crippen molar-refractivity contribution < 1.29 is 4.42 Å². The molecule has 0 aromatic carbocycles. The maximum atomic E-state index is 5.69. The van der Waals surface area contributed by atoms with Gasteiger partial charge < -0.3 is 10.3 Å². The number of H-pyrrole nitrogens is 1. The van der Waals surface area contributed by atoms with Crippen LogP contribution in [0, 0.1) is 4.77 Å². The first-order valence-corrected chi connectivity index (χ1v) is 4.64. The molecule has 0 saturated carbocycles. The molecular weight excluding hydrogens is 200 g/mol. The number of nitrogens with one attached hydrogen (secondary N) is 1. The number of hydrogen-bond acceptors (Lipinski definition) is 4. The molecule has 0 aliphatic rings. The smallest absolute Gasteiger partial charge is 0.214 e. The number of nitrogens with zero attached hydrogens (tertiary/aromatic N) is 2. The molecule has 2 rings (SSSR count). The van der Waals surface area contributed by atoms with Crippen LogP contribution in [-0.4, -0.2) is 14.9 Å². The predicted molar refractivity (Wildman–Crippen MR) is 54.6 cm³/mol. The molecule has 74 valence electrons. The zero-order valence-corrected chi connectivity index (χ0v) is 8.47. The Morgan fingerprint density at radius 2 is 2.50 bits per heavy atom. The average Bonchev–Trinajstić information content (AvgIpc) is 2.75. The molecule has 0 atom stereocenters. The largest absolute Gasteiger partial charge is 0.469 e. The number of nitrogens with two attached hydrogens (primary N) is 1. The number of aromatic amines is 1. The molecule has 5 nitrogen and oxygen atoms in total. The lowest BCUT2D eigenvalue weighted by Crippen LogP contribution is -2.10. The second-order valence-electron chi connectivity index (χ2n) is 2.83. The van der Waals surface area contributed by atoms with E-state index in [1.54, 1.807) is 6.26 Å². The summed E-state index contributed by atoms with van der Waals surface area (Å²) in [6.45, 7) is 2.00. The van der Waals surface area contributed by atoms with Crippen LogP contribution in [0.1, 0.15) is 12.7 Å². The van der Waals surface area contributed by atoms with E-state index in [4.69, 9.17) is 22.5 Å². The van der Waals surface area contributed by atoms with Crippen LogP contribution in [0.15, 0.2) is 16.7 Å². The average molecular weight is 210 g/mol. The van der Waals surface area contributed by atoms with Crippen molar-refractivity contribution in [3.05, 3.63) is 22.9 Å². The maximum Gasteiger partial charge on any atom is 0.214 e. The minimum Gasteiger partial charge on any atom is -0.469 e. The highest BCUT2D eigenvalue weighted by Gasteiger charge is 2.12. The third-order valence-corrected chi connectivity index (χ3v) is 2.30. The Balaban J connectivity index is 2.60. The molecule has 2 aromatic heterocycles. The monoisotopic (exact) mass is 210 g/mol. The van der Waals surface area contributed by atoms with Crippen LogP contribution < -0.4 is 5.84 Å². The van der Waals surface area contributed by atoms with Gasteiger partial charge in [-0.1, -0.05) is 6.92 Å². The van der Waals surface area contributed by atoms with E-state index in [1.807, 2.05) is 13.0 Å². The van der Waals surface area contributed by atoms with Gasteiger partial charge in [0, 0.05) is 6.42 Å². The molecule has 6 heteroatoms. The molecule has 0 saturated heterocycles. The Morgan fingerprint density at radius 3 is 3.07 bits per heavy atom. The van der Waals surface area contributed by atoms with Crippen LogP contribution in [0.25, 0.3) is 11.4 Å². The Bertz CT molecular complexity index is 495. The Morgan fingerprint density at radius 1 is 1.71 bits per heavy atom. The van der Waals surface area contributed by atoms with Crippen LogP contribution in [0.5, 0.6) is 0 Å². The van der Waals surface area contributed by atoms with Crippen LogP contribution >= 0.6 is 12.2 Å². The summed E-state index contributed by atoms with van der Waals surface area (Å²) in [5.41, 5.74) is 0.877. The first kappa shape index (κ1) is 9.01. The molecule has 0 aliphatic carbocycles. The van der Waals surface area contributed by atoms with Gasteiger partial charge in [-0.05, 0) is 18.3 Å². The van der Waals surface area contributed by atoms with E-state index in [9.17, 15) is 0 Å². The minimum absolute atomic E-state index is 0.392. The maximum absolute atomic E-state index is 5.69. The highest BCUT2D eigenvalue weighted by molar-refractivity contribution is 7.71. The van der Waals surface area contributed by atoms with Crippen molar-refractivity contribution in [2.45, 2.75) is 13.3 Å². The van der Waals surface area contributed by atoms with Crippen molar-refractivity contribution >= 4 is 12.2 Å². The van der Waals surface area contributed by atoms with Gasteiger partial charge in [-0.2, -0.15) is 5.10 Å². The van der Waals surface area contributed by atoms with Crippen molar-refractivity contribution in [2.75, 3.05) is 5.84 Å². The number of rotatable bonds is 2. The topological polar surface area (TPSA) is 72.8 Å². The van der Waals surface area contributed by atoms with Gasteiger partial charge in [0.05, 0.1) is 11.8 Å². The first-order valence-electron chi connectivity index (χ1n) is 4.23. The molecule has 2 heterocycles. The molecule has 0 radical (unpaired) electrons. The Labute approximate surface area is 85.5 Å². The fraction of sp³-hybridized carbons (Fsp3) is 0.250. The van der Waals surface area contributed by atoms with Gasteiger partial charge in [0.1, 0.15) is 5.76 Å². The van der Waals surface area contributed by atoms with E-state index in [2.05, 4.69) is 10.2 Å². The van der Waals surface area contributed by atoms with Crippen molar-refractivity contribution in [1.82, 2.24) is 14.9 Å². The summed E-state index contributed by atoms with van der Waals surface area (Å²) >= 11 is 4.92. The molecule has 0 spiro atoms. The quantitative estimate of drug-likeness (QED) is 0.581. The van der Waals surface area contributed by atoms with E-state index < -0.39 is 0 Å². The summed E-state index contributed by atoms with van der Waals surface area (Å²) < 4.78 is 7.00. The molecule has 3 N–H and O–H groups in total. The van der Waals surface area contributed by atoms with Crippen LogP contribution in [0.2, 0.25) is 0 Å². The molecule has 0 aliphatic heterocycles. The number of nitrogen functional groups attached to an aromatic ring is 1. The third kappa shape index (κ3) is 1.24. The summed E-state index contributed by atoms with van der Waals surface area (Å²) in [5, 5.41) is 6.65. The standard InChI is InChI=1S/C8H10N4OS/c1-2-6-5(3-4-13-6)7-10-11-8(14)12(7)9/h3-4H,2,9H2,1H3,(H,11,14). The Hall–Kier alpha value is -1.56. The van der Waals surface area contributed by atoms with Crippen molar-refractivity contribution in [3.63, 3.8) is 0 Å². The lowest BCUT2D eigenvalue weighted by molar-refractivity contribution is 0.517. The van der Waals surface area contributed by atoms with E-state index >= 15 is 0 Å². The second kappa shape index (κ2) is 3.30. The first-order chi connectivity index (χ1) is 6.74. The summed E-state index contributed by atoms with van der Waals surface area (Å²) in [5.74, 6) is 7.14. The van der Waals surface area contributed by atoms with Gasteiger partial charge in [-0.15, -0.1) is 0 Å². The second-order valence-corrected chi connectivity index (χ2v) is 3.22. The van der Waals surface area contributed by atoms with Crippen molar-refractivity contribution in [3.8, 4) is 11.4 Å². The number of furan rings is 1.